The number of fused-ring (bicyclic) bond motifs is 1. The molecule has 0 bridgehead atoms. The minimum Gasteiger partial charge on any atom is -0.507 e. The molecule has 1 aliphatic rings. The summed E-state index contributed by atoms with van der Waals surface area (Å²) in [7, 11) is 0. The van der Waals surface area contributed by atoms with E-state index in [2.05, 4.69) is 13.8 Å². The highest BCUT2D eigenvalue weighted by molar-refractivity contribution is 7.99. The number of hydrogen-bond donors (Lipinski definition) is 5. The zero-order valence-electron chi connectivity index (χ0n) is 19.5. The normalized spacial score (nSPS) is 19.5. The number of thioether (sulfide) groups is 2. The fraction of sp³-hybridized carbons (Fsp3) is 0.520. The number of aliphatic hydroxyl groups is 1. The molecule has 0 saturated heterocycles. The molecule has 0 saturated carbocycles. The molecule has 3 rings (SSSR count). The first-order valence-electron chi connectivity index (χ1n) is 11.3. The van der Waals surface area contributed by atoms with Gasteiger partial charge in [0, 0.05) is 33.6 Å². The van der Waals surface area contributed by atoms with Gasteiger partial charge >= 0.3 is 0 Å². The van der Waals surface area contributed by atoms with E-state index >= 15 is 0 Å². The Balaban J connectivity index is 2.22. The third-order valence-electron chi connectivity index (χ3n) is 6.22. The van der Waals surface area contributed by atoms with Crippen molar-refractivity contribution in [2.45, 2.75) is 68.7 Å². The summed E-state index contributed by atoms with van der Waals surface area (Å²) in [6.45, 7) is 4.16. The van der Waals surface area contributed by atoms with E-state index in [0.717, 1.165) is 25.7 Å². The second-order valence-corrected chi connectivity index (χ2v) is 10.5. The van der Waals surface area contributed by atoms with Crippen LogP contribution in [-0.2, 0) is 6.42 Å². The molecule has 8 heteroatoms. The minimum absolute atomic E-state index is 0.0125. The van der Waals surface area contributed by atoms with Crippen molar-refractivity contribution in [3.8, 4) is 28.7 Å². The predicted molar refractivity (Wildman–Crippen MR) is 135 cm³/mol. The Morgan fingerprint density at radius 3 is 2.06 bits per heavy atom. The third-order valence-corrected chi connectivity index (χ3v) is 8.30. The predicted octanol–water partition coefficient (Wildman–Crippen LogP) is 5.95. The highest BCUT2D eigenvalue weighted by Crippen LogP contribution is 2.56. The lowest BCUT2D eigenvalue weighted by Crippen LogP contribution is -2.31. The zero-order chi connectivity index (χ0) is 24.3. The Hall–Kier alpha value is -1.90. The van der Waals surface area contributed by atoms with Crippen molar-refractivity contribution < 1.29 is 30.3 Å². The molecular weight excluding hydrogens is 460 g/mol. The number of phenolic OH excluding ortho intramolecular Hbond substituents is 4. The number of aromatic hydroxyl groups is 4. The van der Waals surface area contributed by atoms with E-state index in [9.17, 15) is 25.5 Å². The molecule has 1 heterocycles. The first-order valence-corrected chi connectivity index (χ1v) is 13.9. The van der Waals surface area contributed by atoms with Gasteiger partial charge in [-0.15, -0.1) is 0 Å². The van der Waals surface area contributed by atoms with Crippen molar-refractivity contribution in [3.05, 3.63) is 40.5 Å². The molecule has 2 aromatic rings. The molecule has 33 heavy (non-hydrogen) atoms. The van der Waals surface area contributed by atoms with E-state index in [1.807, 2.05) is 12.5 Å². The standard InChI is InChI=1S/C25H34O6S2/c1-5-7-18(32-3)20-22(29)14-12-17(28)24(13-9-10-15(26)16(27)11-13)31-25(14)21(23(20)30)19(33-4)8-6-2/h9-11,17-19,24,26-30H,5-8,12H2,1-4H3/t17-,18?,19?,24+/m0/s1. The van der Waals surface area contributed by atoms with E-state index < -0.39 is 12.2 Å². The van der Waals surface area contributed by atoms with E-state index in [0.29, 0.717) is 28.0 Å². The van der Waals surface area contributed by atoms with Gasteiger partial charge in [0.15, 0.2) is 11.5 Å². The van der Waals surface area contributed by atoms with E-state index in [1.165, 1.54) is 12.1 Å². The number of hydrogen-bond acceptors (Lipinski definition) is 8. The second-order valence-electron chi connectivity index (χ2n) is 8.42. The van der Waals surface area contributed by atoms with Gasteiger partial charge in [-0.1, -0.05) is 32.8 Å². The van der Waals surface area contributed by atoms with Crippen LogP contribution in [0.2, 0.25) is 0 Å². The lowest BCUT2D eigenvalue weighted by Gasteiger charge is -2.36. The summed E-state index contributed by atoms with van der Waals surface area (Å²) in [5.74, 6) is -0.0991. The van der Waals surface area contributed by atoms with Gasteiger partial charge in [-0.3, -0.25) is 0 Å². The number of rotatable bonds is 9. The summed E-state index contributed by atoms with van der Waals surface area (Å²) < 4.78 is 6.29. The van der Waals surface area contributed by atoms with Crippen LogP contribution >= 0.6 is 23.5 Å². The number of aliphatic hydroxyl groups excluding tert-OH is 1. The van der Waals surface area contributed by atoms with Crippen LogP contribution in [0.5, 0.6) is 28.7 Å². The molecule has 1 aliphatic heterocycles. The van der Waals surface area contributed by atoms with Gasteiger partial charge in [0.1, 0.15) is 23.4 Å². The van der Waals surface area contributed by atoms with Gasteiger partial charge in [0.05, 0.1) is 6.10 Å². The molecule has 0 spiro atoms. The van der Waals surface area contributed by atoms with Crippen molar-refractivity contribution >= 4 is 23.5 Å². The molecule has 4 atom stereocenters. The Labute approximate surface area is 204 Å². The molecule has 5 N–H and O–H groups in total. The van der Waals surface area contributed by atoms with Crippen LogP contribution in [0.25, 0.3) is 0 Å². The van der Waals surface area contributed by atoms with E-state index in [1.54, 1.807) is 29.6 Å². The smallest absolute Gasteiger partial charge is 0.157 e. The number of benzene rings is 2. The Kier molecular flexibility index (Phi) is 8.59. The van der Waals surface area contributed by atoms with Crippen LogP contribution in [0, 0.1) is 0 Å². The molecule has 2 aromatic carbocycles. The van der Waals surface area contributed by atoms with Crippen LogP contribution < -0.4 is 4.74 Å². The van der Waals surface area contributed by atoms with Gasteiger partial charge in [-0.25, -0.2) is 0 Å². The van der Waals surface area contributed by atoms with Gasteiger partial charge < -0.3 is 30.3 Å². The summed E-state index contributed by atoms with van der Waals surface area (Å²) in [5.41, 5.74) is 2.18. The SMILES string of the molecule is CCCC(SC)c1c(O)c2c(c(C(CCC)SC)c1O)O[C@H](c1ccc(O)c(O)c1)[C@@H](O)C2. The number of ether oxygens (including phenoxy) is 1. The van der Waals surface area contributed by atoms with Crippen molar-refractivity contribution in [2.75, 3.05) is 12.5 Å². The average Bonchev–Trinajstić information content (AvgIpc) is 2.79. The summed E-state index contributed by atoms with van der Waals surface area (Å²) in [6, 6.07) is 4.31. The first-order chi connectivity index (χ1) is 15.8. The van der Waals surface area contributed by atoms with Crippen LogP contribution in [0.4, 0.5) is 0 Å². The number of phenols is 4. The Morgan fingerprint density at radius 2 is 1.52 bits per heavy atom. The minimum atomic E-state index is -0.976. The maximum Gasteiger partial charge on any atom is 0.157 e. The molecule has 0 aromatic heterocycles. The van der Waals surface area contributed by atoms with Crippen molar-refractivity contribution in [3.63, 3.8) is 0 Å². The molecule has 6 nitrogen and oxygen atoms in total. The lowest BCUT2D eigenvalue weighted by atomic mass is 9.87. The van der Waals surface area contributed by atoms with Crippen LogP contribution in [0.1, 0.15) is 78.4 Å². The quantitative estimate of drug-likeness (QED) is 0.272. The molecule has 0 radical (unpaired) electrons. The van der Waals surface area contributed by atoms with Gasteiger partial charge in [0.2, 0.25) is 0 Å². The van der Waals surface area contributed by atoms with Crippen LogP contribution in [0.15, 0.2) is 18.2 Å². The zero-order valence-corrected chi connectivity index (χ0v) is 21.2. The second kappa shape index (κ2) is 11.0. The average molecular weight is 495 g/mol. The lowest BCUT2D eigenvalue weighted by molar-refractivity contribution is 0.0188. The maximum absolute atomic E-state index is 11.5. The summed E-state index contributed by atoms with van der Waals surface area (Å²) in [5, 5.41) is 53.2. The molecular formula is C25H34O6S2. The van der Waals surface area contributed by atoms with Gasteiger partial charge in [0.25, 0.3) is 0 Å². The fourth-order valence-electron chi connectivity index (χ4n) is 4.54. The Bertz CT molecular complexity index is 980. The van der Waals surface area contributed by atoms with Crippen molar-refractivity contribution in [2.24, 2.45) is 0 Å². The summed E-state index contributed by atoms with van der Waals surface area (Å²) in [6.07, 6.45) is 5.75. The maximum atomic E-state index is 11.5. The topological polar surface area (TPSA) is 110 Å². The monoisotopic (exact) mass is 494 g/mol. The van der Waals surface area contributed by atoms with Crippen molar-refractivity contribution in [1.29, 1.82) is 0 Å². The highest BCUT2D eigenvalue weighted by Gasteiger charge is 2.39. The van der Waals surface area contributed by atoms with Crippen molar-refractivity contribution in [1.82, 2.24) is 0 Å². The van der Waals surface area contributed by atoms with Gasteiger partial charge in [-0.2, -0.15) is 23.5 Å². The fourth-order valence-corrected chi connectivity index (χ4v) is 6.40. The molecule has 182 valence electrons. The molecule has 0 amide bonds. The molecule has 0 aliphatic carbocycles. The molecule has 0 fully saturated rings. The van der Waals surface area contributed by atoms with E-state index in [-0.39, 0.29) is 39.9 Å². The highest BCUT2D eigenvalue weighted by atomic mass is 32.2. The third kappa shape index (κ3) is 4.98. The summed E-state index contributed by atoms with van der Waals surface area (Å²) in [4.78, 5) is 0. The van der Waals surface area contributed by atoms with Crippen LogP contribution in [-0.4, -0.2) is 44.1 Å². The van der Waals surface area contributed by atoms with Gasteiger partial charge in [-0.05, 0) is 43.0 Å². The van der Waals surface area contributed by atoms with E-state index in [4.69, 9.17) is 4.74 Å². The first kappa shape index (κ1) is 25.7. The summed E-state index contributed by atoms with van der Waals surface area (Å²) >= 11 is 3.21. The Morgan fingerprint density at radius 1 is 0.909 bits per heavy atom. The van der Waals surface area contributed by atoms with Crippen LogP contribution in [0.3, 0.4) is 0 Å². The molecule has 2 unspecified atom stereocenters. The largest absolute Gasteiger partial charge is 0.507 e.